The lowest BCUT2D eigenvalue weighted by Crippen LogP contribution is -2.02. The first kappa shape index (κ1) is 14.6. The number of anilines is 3. The molecule has 0 unspecified atom stereocenters. The van der Waals surface area contributed by atoms with Crippen LogP contribution in [0.1, 0.15) is 5.56 Å². The minimum absolute atomic E-state index is 0.390. The van der Waals surface area contributed by atoms with Crippen LogP contribution in [0.4, 0.5) is 17.3 Å². The van der Waals surface area contributed by atoms with E-state index in [9.17, 15) is 0 Å². The molecule has 1 heterocycles. The van der Waals surface area contributed by atoms with Gasteiger partial charge in [0.05, 0.1) is 5.56 Å². The standard InChI is InChI=1S/C18H16N4O/c1-2-16-17(19)20-12-21-18(16)22-13-8-10-15(11-9-13)23-14-6-4-3-5-7-14/h2-12H,1H2,(H3,19,20,21,22). The molecule has 0 saturated heterocycles. The molecule has 3 N–H and O–H groups in total. The molecular formula is C18H16N4O. The van der Waals surface area contributed by atoms with Crippen LogP contribution in [-0.4, -0.2) is 9.97 Å². The van der Waals surface area contributed by atoms with Crippen molar-refractivity contribution in [3.05, 3.63) is 73.1 Å². The van der Waals surface area contributed by atoms with E-state index >= 15 is 0 Å². The van der Waals surface area contributed by atoms with E-state index in [2.05, 4.69) is 21.9 Å². The molecule has 0 amide bonds. The van der Waals surface area contributed by atoms with Gasteiger partial charge >= 0.3 is 0 Å². The lowest BCUT2D eigenvalue weighted by Gasteiger charge is -2.10. The van der Waals surface area contributed by atoms with Crippen LogP contribution in [0.3, 0.4) is 0 Å². The summed E-state index contributed by atoms with van der Waals surface area (Å²) in [6.07, 6.45) is 3.04. The van der Waals surface area contributed by atoms with Gasteiger partial charge in [0.1, 0.15) is 29.5 Å². The Kier molecular flexibility index (Phi) is 4.20. The van der Waals surface area contributed by atoms with Crippen LogP contribution in [0.15, 0.2) is 67.5 Å². The number of nitrogens with one attached hydrogen (secondary N) is 1. The third-order valence-corrected chi connectivity index (χ3v) is 3.21. The summed E-state index contributed by atoms with van der Waals surface area (Å²) in [6, 6.07) is 17.2. The molecule has 3 rings (SSSR count). The number of rotatable bonds is 5. The van der Waals surface area contributed by atoms with Crippen molar-refractivity contribution < 1.29 is 4.74 Å². The van der Waals surface area contributed by atoms with Gasteiger partial charge in [0, 0.05) is 5.69 Å². The number of para-hydroxylation sites is 1. The summed E-state index contributed by atoms with van der Waals surface area (Å²) < 4.78 is 5.76. The Bertz CT molecular complexity index is 801. The third kappa shape index (κ3) is 3.47. The fraction of sp³-hybridized carbons (Fsp3) is 0. The summed E-state index contributed by atoms with van der Waals surface area (Å²) in [6.45, 7) is 3.74. The number of nitrogen functional groups attached to an aromatic ring is 1. The summed E-state index contributed by atoms with van der Waals surface area (Å²) in [7, 11) is 0. The Balaban J connectivity index is 1.75. The molecule has 5 heteroatoms. The van der Waals surface area contributed by atoms with E-state index in [0.29, 0.717) is 17.2 Å². The maximum absolute atomic E-state index is 5.81. The first-order chi connectivity index (χ1) is 11.3. The summed E-state index contributed by atoms with van der Waals surface area (Å²) >= 11 is 0. The fourth-order valence-electron chi connectivity index (χ4n) is 2.08. The summed E-state index contributed by atoms with van der Waals surface area (Å²) in [4.78, 5) is 8.14. The quantitative estimate of drug-likeness (QED) is 0.737. The van der Waals surface area contributed by atoms with Crippen molar-refractivity contribution in [3.63, 3.8) is 0 Å². The smallest absolute Gasteiger partial charge is 0.143 e. The molecule has 0 radical (unpaired) electrons. The van der Waals surface area contributed by atoms with Gasteiger partial charge < -0.3 is 15.8 Å². The van der Waals surface area contributed by atoms with E-state index in [4.69, 9.17) is 10.5 Å². The van der Waals surface area contributed by atoms with Gasteiger partial charge in [0.15, 0.2) is 0 Å². The number of nitrogens with zero attached hydrogens (tertiary/aromatic N) is 2. The minimum atomic E-state index is 0.390. The minimum Gasteiger partial charge on any atom is -0.457 e. The normalized spacial score (nSPS) is 10.1. The number of nitrogens with two attached hydrogens (primary N) is 1. The second-order valence-corrected chi connectivity index (χ2v) is 4.79. The van der Waals surface area contributed by atoms with Crippen molar-refractivity contribution in [2.45, 2.75) is 0 Å². The number of aromatic nitrogens is 2. The van der Waals surface area contributed by atoms with E-state index in [1.54, 1.807) is 6.08 Å². The molecule has 114 valence electrons. The monoisotopic (exact) mass is 304 g/mol. The van der Waals surface area contributed by atoms with Gasteiger partial charge in [-0.1, -0.05) is 30.9 Å². The van der Waals surface area contributed by atoms with Crippen LogP contribution in [0.5, 0.6) is 11.5 Å². The van der Waals surface area contributed by atoms with E-state index < -0.39 is 0 Å². The topological polar surface area (TPSA) is 73.1 Å². The van der Waals surface area contributed by atoms with Crippen molar-refractivity contribution in [1.29, 1.82) is 0 Å². The van der Waals surface area contributed by atoms with Gasteiger partial charge in [0.2, 0.25) is 0 Å². The number of ether oxygens (including phenoxy) is 1. The van der Waals surface area contributed by atoms with Gasteiger partial charge in [-0.05, 0) is 36.4 Å². The van der Waals surface area contributed by atoms with Crippen molar-refractivity contribution >= 4 is 23.4 Å². The van der Waals surface area contributed by atoms with Gasteiger partial charge in [0.25, 0.3) is 0 Å². The molecular weight excluding hydrogens is 288 g/mol. The molecule has 0 fully saturated rings. The predicted molar refractivity (Wildman–Crippen MR) is 92.8 cm³/mol. The molecule has 0 aliphatic rings. The van der Waals surface area contributed by atoms with Crippen LogP contribution in [0.25, 0.3) is 6.08 Å². The third-order valence-electron chi connectivity index (χ3n) is 3.21. The molecule has 0 bridgehead atoms. The number of hydrogen-bond acceptors (Lipinski definition) is 5. The van der Waals surface area contributed by atoms with Crippen LogP contribution in [0, 0.1) is 0 Å². The lowest BCUT2D eigenvalue weighted by atomic mass is 10.2. The van der Waals surface area contributed by atoms with Crippen LogP contribution >= 0.6 is 0 Å². The van der Waals surface area contributed by atoms with E-state index in [-0.39, 0.29) is 0 Å². The Morgan fingerprint density at radius 1 is 0.957 bits per heavy atom. The van der Waals surface area contributed by atoms with Crippen LogP contribution < -0.4 is 15.8 Å². The fourth-order valence-corrected chi connectivity index (χ4v) is 2.08. The first-order valence-electron chi connectivity index (χ1n) is 7.09. The van der Waals surface area contributed by atoms with Crippen molar-refractivity contribution in [2.24, 2.45) is 0 Å². The second-order valence-electron chi connectivity index (χ2n) is 4.79. The van der Waals surface area contributed by atoms with Crippen LogP contribution in [-0.2, 0) is 0 Å². The Morgan fingerprint density at radius 3 is 2.35 bits per heavy atom. The zero-order valence-corrected chi connectivity index (χ0v) is 12.4. The molecule has 23 heavy (non-hydrogen) atoms. The average Bonchev–Trinajstić information content (AvgIpc) is 2.58. The average molecular weight is 304 g/mol. The SMILES string of the molecule is C=Cc1c(N)ncnc1Nc1ccc(Oc2ccccc2)cc1. The molecule has 0 aliphatic heterocycles. The zero-order chi connectivity index (χ0) is 16.1. The highest BCUT2D eigenvalue weighted by molar-refractivity contribution is 5.74. The Hall–Kier alpha value is -3.34. The Labute approximate surface area is 134 Å². The molecule has 3 aromatic rings. The van der Waals surface area contributed by atoms with E-state index in [1.807, 2.05) is 54.6 Å². The lowest BCUT2D eigenvalue weighted by molar-refractivity contribution is 0.483. The van der Waals surface area contributed by atoms with Crippen molar-refractivity contribution in [1.82, 2.24) is 9.97 Å². The summed E-state index contributed by atoms with van der Waals surface area (Å²) in [5.74, 6) is 2.56. The Morgan fingerprint density at radius 2 is 1.65 bits per heavy atom. The predicted octanol–water partition coefficient (Wildman–Crippen LogP) is 4.24. The highest BCUT2D eigenvalue weighted by atomic mass is 16.5. The van der Waals surface area contributed by atoms with Gasteiger partial charge in [-0.15, -0.1) is 0 Å². The largest absolute Gasteiger partial charge is 0.457 e. The van der Waals surface area contributed by atoms with Crippen LogP contribution in [0.2, 0.25) is 0 Å². The number of benzene rings is 2. The molecule has 0 spiro atoms. The first-order valence-corrected chi connectivity index (χ1v) is 7.09. The van der Waals surface area contributed by atoms with Gasteiger partial charge in [-0.2, -0.15) is 0 Å². The highest BCUT2D eigenvalue weighted by Crippen LogP contribution is 2.26. The van der Waals surface area contributed by atoms with Gasteiger partial charge in [-0.3, -0.25) is 0 Å². The maximum Gasteiger partial charge on any atom is 0.143 e. The molecule has 1 aromatic heterocycles. The molecule has 2 aromatic carbocycles. The van der Waals surface area contributed by atoms with E-state index in [1.165, 1.54) is 6.33 Å². The van der Waals surface area contributed by atoms with Gasteiger partial charge in [-0.25, -0.2) is 9.97 Å². The number of hydrogen-bond donors (Lipinski definition) is 2. The molecule has 0 atom stereocenters. The second kappa shape index (κ2) is 6.62. The zero-order valence-electron chi connectivity index (χ0n) is 12.4. The summed E-state index contributed by atoms with van der Waals surface area (Å²) in [5, 5.41) is 3.20. The summed E-state index contributed by atoms with van der Waals surface area (Å²) in [5.41, 5.74) is 7.36. The van der Waals surface area contributed by atoms with Crippen molar-refractivity contribution in [3.8, 4) is 11.5 Å². The van der Waals surface area contributed by atoms with E-state index in [0.717, 1.165) is 17.2 Å². The molecule has 0 aliphatic carbocycles. The van der Waals surface area contributed by atoms with Crippen molar-refractivity contribution in [2.75, 3.05) is 11.1 Å². The maximum atomic E-state index is 5.81. The highest BCUT2D eigenvalue weighted by Gasteiger charge is 2.06. The molecule has 5 nitrogen and oxygen atoms in total. The molecule has 0 saturated carbocycles.